The molecule has 0 atom stereocenters. The van der Waals surface area contributed by atoms with Gasteiger partial charge in [-0.1, -0.05) is 23.9 Å². The van der Waals surface area contributed by atoms with Gasteiger partial charge in [0, 0.05) is 25.0 Å². The Kier molecular flexibility index (Phi) is 4.90. The molecule has 2 aromatic heterocycles. The summed E-state index contributed by atoms with van der Waals surface area (Å²) < 4.78 is 7.11. The minimum atomic E-state index is -0.00842. The molecule has 1 aromatic carbocycles. The number of aromatic nitrogens is 4. The van der Waals surface area contributed by atoms with Crippen molar-refractivity contribution in [2.24, 2.45) is 7.05 Å². The molecule has 0 saturated carbocycles. The van der Waals surface area contributed by atoms with Gasteiger partial charge in [0.25, 0.3) is 0 Å². The molecule has 0 saturated heterocycles. The van der Waals surface area contributed by atoms with Crippen molar-refractivity contribution in [3.8, 4) is 17.1 Å². The highest BCUT2D eigenvalue weighted by Gasteiger charge is 2.15. The fourth-order valence-corrected chi connectivity index (χ4v) is 3.07. The number of para-hydroxylation sites is 1. The average Bonchev–Trinajstić information content (AvgIpc) is 3.01. The van der Waals surface area contributed by atoms with Gasteiger partial charge in [-0.15, -0.1) is 10.2 Å². The second-order valence-corrected chi connectivity index (χ2v) is 5.96. The number of rotatable bonds is 6. The number of carbonyl (C=O) groups excluding carboxylic acids is 1. The normalized spacial score (nSPS) is 10.6. The van der Waals surface area contributed by atoms with Gasteiger partial charge in [-0.3, -0.25) is 9.78 Å². The van der Waals surface area contributed by atoms with Crippen LogP contribution >= 0.6 is 11.8 Å². The Hall–Kier alpha value is -2.67. The molecular formula is C17H16N4O2S. The third-order valence-corrected chi connectivity index (χ3v) is 4.53. The van der Waals surface area contributed by atoms with Gasteiger partial charge in [-0.25, -0.2) is 0 Å². The summed E-state index contributed by atoms with van der Waals surface area (Å²) in [6.45, 7) is 0. The van der Waals surface area contributed by atoms with Crippen LogP contribution < -0.4 is 4.74 Å². The molecule has 3 rings (SSSR count). The Morgan fingerprint density at radius 2 is 1.92 bits per heavy atom. The van der Waals surface area contributed by atoms with Gasteiger partial charge >= 0.3 is 0 Å². The van der Waals surface area contributed by atoms with Crippen LogP contribution in [-0.2, 0) is 7.05 Å². The number of ketones is 1. The van der Waals surface area contributed by atoms with E-state index in [1.807, 2.05) is 35.9 Å². The van der Waals surface area contributed by atoms with E-state index in [-0.39, 0.29) is 11.5 Å². The number of hydrogen-bond acceptors (Lipinski definition) is 6. The lowest BCUT2D eigenvalue weighted by Crippen LogP contribution is -2.06. The third kappa shape index (κ3) is 3.30. The van der Waals surface area contributed by atoms with Crippen LogP contribution in [0.1, 0.15) is 10.4 Å². The quantitative estimate of drug-likeness (QED) is 0.508. The summed E-state index contributed by atoms with van der Waals surface area (Å²) in [5.74, 6) is 1.58. The van der Waals surface area contributed by atoms with E-state index in [4.69, 9.17) is 4.74 Å². The first-order valence-corrected chi connectivity index (χ1v) is 8.28. The van der Waals surface area contributed by atoms with Crippen molar-refractivity contribution in [1.29, 1.82) is 0 Å². The van der Waals surface area contributed by atoms with E-state index in [9.17, 15) is 4.79 Å². The van der Waals surface area contributed by atoms with Gasteiger partial charge in [-0.05, 0) is 24.3 Å². The van der Waals surface area contributed by atoms with E-state index in [1.165, 1.54) is 11.8 Å². The van der Waals surface area contributed by atoms with Crippen molar-refractivity contribution in [1.82, 2.24) is 19.7 Å². The predicted molar refractivity (Wildman–Crippen MR) is 92.3 cm³/mol. The van der Waals surface area contributed by atoms with Crippen molar-refractivity contribution in [2.45, 2.75) is 5.16 Å². The SMILES string of the molecule is COc1ccccc1C(=O)CSc1nnc(-c2ccncc2)n1C. The average molecular weight is 340 g/mol. The van der Waals surface area contributed by atoms with Gasteiger partial charge < -0.3 is 9.30 Å². The van der Waals surface area contributed by atoms with Gasteiger partial charge in [0.1, 0.15) is 5.75 Å². The molecule has 0 fully saturated rings. The van der Waals surface area contributed by atoms with Crippen molar-refractivity contribution < 1.29 is 9.53 Å². The molecule has 0 aliphatic carbocycles. The van der Waals surface area contributed by atoms with Crippen LogP contribution in [0.4, 0.5) is 0 Å². The molecule has 7 heteroatoms. The number of Topliss-reactive ketones (excluding diaryl/α,β-unsaturated/α-hetero) is 1. The van der Waals surface area contributed by atoms with E-state index >= 15 is 0 Å². The number of pyridine rings is 1. The monoisotopic (exact) mass is 340 g/mol. The molecular weight excluding hydrogens is 324 g/mol. The van der Waals surface area contributed by atoms with E-state index in [1.54, 1.807) is 31.6 Å². The molecule has 0 radical (unpaired) electrons. The number of carbonyl (C=O) groups is 1. The van der Waals surface area contributed by atoms with Gasteiger partial charge in [0.15, 0.2) is 16.8 Å². The molecule has 0 amide bonds. The fraction of sp³-hybridized carbons (Fsp3) is 0.176. The van der Waals surface area contributed by atoms with Crippen LogP contribution in [0.5, 0.6) is 5.75 Å². The van der Waals surface area contributed by atoms with Crippen LogP contribution in [0.3, 0.4) is 0 Å². The molecule has 3 aromatic rings. The first kappa shape index (κ1) is 16.2. The van der Waals surface area contributed by atoms with Crippen LogP contribution in [0.2, 0.25) is 0 Å². The lowest BCUT2D eigenvalue weighted by atomic mass is 10.1. The maximum atomic E-state index is 12.4. The zero-order valence-electron chi connectivity index (χ0n) is 13.3. The Morgan fingerprint density at radius 1 is 1.17 bits per heavy atom. The topological polar surface area (TPSA) is 69.9 Å². The number of benzene rings is 1. The van der Waals surface area contributed by atoms with Crippen molar-refractivity contribution in [2.75, 3.05) is 12.9 Å². The molecule has 0 bridgehead atoms. The highest BCUT2D eigenvalue weighted by molar-refractivity contribution is 7.99. The van der Waals surface area contributed by atoms with Gasteiger partial charge in [-0.2, -0.15) is 0 Å². The van der Waals surface area contributed by atoms with E-state index in [2.05, 4.69) is 15.2 Å². The van der Waals surface area contributed by atoms with Crippen LogP contribution in [0.15, 0.2) is 53.9 Å². The molecule has 24 heavy (non-hydrogen) atoms. The molecule has 0 aliphatic rings. The zero-order valence-corrected chi connectivity index (χ0v) is 14.2. The first-order valence-electron chi connectivity index (χ1n) is 7.29. The van der Waals surface area contributed by atoms with Crippen LogP contribution in [0, 0.1) is 0 Å². The molecule has 0 spiro atoms. The fourth-order valence-electron chi connectivity index (χ4n) is 2.28. The first-order chi connectivity index (χ1) is 11.7. The van der Waals surface area contributed by atoms with E-state index < -0.39 is 0 Å². The summed E-state index contributed by atoms with van der Waals surface area (Å²) in [6, 6.07) is 11.0. The minimum Gasteiger partial charge on any atom is -0.496 e. The Morgan fingerprint density at radius 3 is 2.67 bits per heavy atom. The summed E-state index contributed by atoms with van der Waals surface area (Å²) >= 11 is 1.35. The molecule has 0 N–H and O–H groups in total. The summed E-state index contributed by atoms with van der Waals surface area (Å²) in [4.78, 5) is 16.4. The summed E-state index contributed by atoms with van der Waals surface area (Å²) in [5.41, 5.74) is 1.51. The second kappa shape index (κ2) is 7.27. The summed E-state index contributed by atoms with van der Waals surface area (Å²) in [6.07, 6.45) is 3.42. The maximum absolute atomic E-state index is 12.4. The second-order valence-electron chi connectivity index (χ2n) is 5.01. The summed E-state index contributed by atoms with van der Waals surface area (Å²) in [7, 11) is 3.44. The van der Waals surface area contributed by atoms with Gasteiger partial charge in [0.2, 0.25) is 0 Å². The molecule has 0 aliphatic heterocycles. The van der Waals surface area contributed by atoms with Gasteiger partial charge in [0.05, 0.1) is 18.4 Å². The Labute approximate surface area is 143 Å². The predicted octanol–water partition coefficient (Wildman–Crippen LogP) is 2.86. The standard InChI is InChI=1S/C17H16N4O2S/c1-21-16(12-7-9-18-10-8-12)19-20-17(21)24-11-14(22)13-5-3-4-6-15(13)23-2/h3-10H,11H2,1-2H3. The van der Waals surface area contributed by atoms with Crippen LogP contribution in [0.25, 0.3) is 11.4 Å². The molecule has 6 nitrogen and oxygen atoms in total. The van der Waals surface area contributed by atoms with Crippen molar-refractivity contribution >= 4 is 17.5 Å². The molecule has 122 valence electrons. The number of nitrogens with zero attached hydrogens (tertiary/aromatic N) is 4. The van der Waals surface area contributed by atoms with Crippen molar-refractivity contribution in [3.05, 3.63) is 54.4 Å². The molecule has 2 heterocycles. The number of hydrogen-bond donors (Lipinski definition) is 0. The Balaban J connectivity index is 1.74. The highest BCUT2D eigenvalue weighted by Crippen LogP contribution is 2.24. The minimum absolute atomic E-state index is 0.00842. The largest absolute Gasteiger partial charge is 0.496 e. The third-order valence-electron chi connectivity index (χ3n) is 3.51. The number of ether oxygens (including phenoxy) is 1. The molecule has 0 unspecified atom stereocenters. The smallest absolute Gasteiger partial charge is 0.191 e. The highest BCUT2D eigenvalue weighted by atomic mass is 32.2. The van der Waals surface area contributed by atoms with Crippen LogP contribution in [-0.4, -0.2) is 38.4 Å². The Bertz CT molecular complexity index is 849. The zero-order chi connectivity index (χ0) is 16.9. The summed E-state index contributed by atoms with van der Waals surface area (Å²) in [5, 5.41) is 9.06. The number of thioether (sulfide) groups is 1. The lowest BCUT2D eigenvalue weighted by Gasteiger charge is -2.07. The maximum Gasteiger partial charge on any atom is 0.191 e. The number of methoxy groups -OCH3 is 1. The van der Waals surface area contributed by atoms with E-state index in [0.717, 1.165) is 11.4 Å². The lowest BCUT2D eigenvalue weighted by molar-refractivity contribution is 0.101. The van der Waals surface area contributed by atoms with Crippen molar-refractivity contribution in [3.63, 3.8) is 0 Å². The van der Waals surface area contributed by atoms with E-state index in [0.29, 0.717) is 16.5 Å².